The van der Waals surface area contributed by atoms with Crippen LogP contribution in [0.3, 0.4) is 0 Å². The monoisotopic (exact) mass is 429 g/mol. The molecule has 32 heavy (non-hydrogen) atoms. The lowest BCUT2D eigenvalue weighted by Crippen LogP contribution is -2.10. The van der Waals surface area contributed by atoms with Crippen LogP contribution in [0.25, 0.3) is 11.3 Å². The van der Waals surface area contributed by atoms with Gasteiger partial charge in [0.25, 0.3) is 0 Å². The summed E-state index contributed by atoms with van der Waals surface area (Å²) < 4.78 is 8.97. The Balaban J connectivity index is 1.47. The summed E-state index contributed by atoms with van der Waals surface area (Å²) in [5.74, 6) is 1.25. The molecule has 4 aromatic rings. The van der Waals surface area contributed by atoms with Crippen molar-refractivity contribution in [1.82, 2.24) is 29.5 Å². The molecule has 8 nitrogen and oxygen atoms in total. The molecule has 1 aromatic carbocycles. The highest BCUT2D eigenvalue weighted by molar-refractivity contribution is 5.72. The second kappa shape index (κ2) is 8.55. The van der Waals surface area contributed by atoms with Gasteiger partial charge in [0.2, 0.25) is 5.95 Å². The number of ether oxygens (including phenoxy) is 1. The highest BCUT2D eigenvalue weighted by atomic mass is 16.5. The summed E-state index contributed by atoms with van der Waals surface area (Å²) in [5.41, 5.74) is 8.16. The van der Waals surface area contributed by atoms with Crippen molar-refractivity contribution in [2.75, 3.05) is 19.0 Å². The quantitative estimate of drug-likeness (QED) is 0.484. The maximum absolute atomic E-state index is 5.12. The molecule has 0 saturated heterocycles. The zero-order valence-electron chi connectivity index (χ0n) is 18.7. The topological polar surface area (TPSA) is 82.7 Å². The van der Waals surface area contributed by atoms with Gasteiger partial charge in [-0.1, -0.05) is 24.3 Å². The number of hydrogen-bond donors (Lipinski definition) is 1. The first-order valence-corrected chi connectivity index (χ1v) is 10.9. The van der Waals surface area contributed by atoms with Crippen molar-refractivity contribution in [3.05, 3.63) is 70.8 Å². The minimum absolute atomic E-state index is 0.541. The number of nitrogens with one attached hydrogen (secondary N) is 1. The first kappa shape index (κ1) is 20.4. The van der Waals surface area contributed by atoms with E-state index >= 15 is 0 Å². The maximum atomic E-state index is 5.12. The van der Waals surface area contributed by atoms with Crippen LogP contribution in [0, 0.1) is 6.92 Å². The van der Waals surface area contributed by atoms with E-state index < -0.39 is 0 Å². The summed E-state index contributed by atoms with van der Waals surface area (Å²) in [6, 6.07) is 10.4. The van der Waals surface area contributed by atoms with Gasteiger partial charge < -0.3 is 10.1 Å². The van der Waals surface area contributed by atoms with Crippen LogP contribution in [0.1, 0.15) is 28.1 Å². The minimum atomic E-state index is 0.541. The lowest BCUT2D eigenvalue weighted by Gasteiger charge is -2.17. The van der Waals surface area contributed by atoms with Crippen LogP contribution in [0.2, 0.25) is 0 Å². The zero-order chi connectivity index (χ0) is 22.1. The van der Waals surface area contributed by atoms with Gasteiger partial charge in [-0.2, -0.15) is 10.2 Å². The third-order valence-corrected chi connectivity index (χ3v) is 6.00. The summed E-state index contributed by atoms with van der Waals surface area (Å²) >= 11 is 0. The van der Waals surface area contributed by atoms with Gasteiger partial charge in [0.1, 0.15) is 0 Å². The predicted octanol–water partition coefficient (Wildman–Crippen LogP) is 3.46. The predicted molar refractivity (Wildman–Crippen MR) is 123 cm³/mol. The molecule has 0 fully saturated rings. The Hall–Kier alpha value is -3.52. The smallest absolute Gasteiger partial charge is 0.228 e. The van der Waals surface area contributed by atoms with Crippen LogP contribution in [-0.2, 0) is 37.6 Å². The van der Waals surface area contributed by atoms with Crippen molar-refractivity contribution in [2.24, 2.45) is 7.05 Å². The SMILES string of the molecule is COCCn1ccc(Nc2ncc3c(n2)-c2c(nn(C)c2Cc2ccccc2C)CC3)n1. The summed E-state index contributed by atoms with van der Waals surface area (Å²) in [6.45, 7) is 3.47. The second-order valence-electron chi connectivity index (χ2n) is 8.14. The number of fused-ring (bicyclic) bond motifs is 3. The van der Waals surface area contributed by atoms with E-state index in [1.165, 1.54) is 16.8 Å². The number of benzene rings is 1. The van der Waals surface area contributed by atoms with E-state index in [1.807, 2.05) is 34.9 Å². The Morgan fingerprint density at radius 1 is 1.12 bits per heavy atom. The second-order valence-corrected chi connectivity index (χ2v) is 8.14. The van der Waals surface area contributed by atoms with Crippen LogP contribution in [-0.4, -0.2) is 43.2 Å². The van der Waals surface area contributed by atoms with Crippen LogP contribution < -0.4 is 5.32 Å². The summed E-state index contributed by atoms with van der Waals surface area (Å²) in [7, 11) is 3.71. The van der Waals surface area contributed by atoms with Crippen molar-refractivity contribution in [3.8, 4) is 11.3 Å². The van der Waals surface area contributed by atoms with Crippen molar-refractivity contribution >= 4 is 11.8 Å². The van der Waals surface area contributed by atoms with Crippen molar-refractivity contribution in [2.45, 2.75) is 32.7 Å². The minimum Gasteiger partial charge on any atom is -0.383 e. The highest BCUT2D eigenvalue weighted by Gasteiger charge is 2.26. The lowest BCUT2D eigenvalue weighted by atomic mass is 9.91. The van der Waals surface area contributed by atoms with Crippen LogP contribution in [0.15, 0.2) is 42.7 Å². The molecular formula is C24H27N7O. The number of methoxy groups -OCH3 is 1. The number of nitrogens with zero attached hydrogens (tertiary/aromatic N) is 6. The Bertz CT molecular complexity index is 1260. The number of hydrogen-bond acceptors (Lipinski definition) is 6. The Kier molecular flexibility index (Phi) is 5.45. The molecule has 0 saturated carbocycles. The van der Waals surface area contributed by atoms with Crippen molar-refractivity contribution < 1.29 is 4.74 Å². The van der Waals surface area contributed by atoms with Crippen molar-refractivity contribution in [1.29, 1.82) is 0 Å². The van der Waals surface area contributed by atoms with Gasteiger partial charge in [-0.3, -0.25) is 9.36 Å². The average molecular weight is 430 g/mol. The Labute approximate surface area is 187 Å². The molecule has 0 radical (unpaired) electrons. The molecule has 0 spiro atoms. The number of anilines is 2. The molecule has 8 heteroatoms. The first-order valence-electron chi connectivity index (χ1n) is 10.9. The van der Waals surface area contributed by atoms with Crippen LogP contribution >= 0.6 is 0 Å². The van der Waals surface area contributed by atoms with Gasteiger partial charge in [0.15, 0.2) is 5.82 Å². The molecule has 1 N–H and O–H groups in total. The van der Waals surface area contributed by atoms with E-state index in [9.17, 15) is 0 Å². The summed E-state index contributed by atoms with van der Waals surface area (Å²) in [6.07, 6.45) is 6.47. The van der Waals surface area contributed by atoms with E-state index in [2.05, 4.69) is 46.6 Å². The van der Waals surface area contributed by atoms with Gasteiger partial charge in [0.05, 0.1) is 30.2 Å². The van der Waals surface area contributed by atoms with Gasteiger partial charge in [-0.25, -0.2) is 9.97 Å². The van der Waals surface area contributed by atoms with E-state index in [0.29, 0.717) is 24.9 Å². The zero-order valence-corrected chi connectivity index (χ0v) is 18.7. The van der Waals surface area contributed by atoms with E-state index in [0.717, 1.165) is 41.8 Å². The third-order valence-electron chi connectivity index (χ3n) is 6.00. The normalized spacial score (nSPS) is 12.5. The van der Waals surface area contributed by atoms with Gasteiger partial charge in [-0.05, 0) is 36.5 Å². The molecule has 1 aliphatic rings. The standard InChI is InChI=1S/C24H27N7O/c1-16-6-4-5-7-17(16)14-20-22-19(28-30(20)2)9-8-18-15-25-24(27-23(18)22)26-21-10-11-31(29-21)12-13-32-3/h4-7,10-11,15H,8-9,12-14H2,1-3H3,(H,25,26,27,29). The first-order chi connectivity index (χ1) is 15.6. The molecule has 3 heterocycles. The van der Waals surface area contributed by atoms with Gasteiger partial charge in [0, 0.05) is 44.6 Å². The fraction of sp³-hybridized carbons (Fsp3) is 0.333. The molecule has 0 atom stereocenters. The molecule has 3 aromatic heterocycles. The van der Waals surface area contributed by atoms with E-state index in [4.69, 9.17) is 14.8 Å². The largest absolute Gasteiger partial charge is 0.383 e. The van der Waals surface area contributed by atoms with Crippen LogP contribution in [0.4, 0.5) is 11.8 Å². The summed E-state index contributed by atoms with van der Waals surface area (Å²) in [4.78, 5) is 9.45. The molecule has 0 aliphatic heterocycles. The van der Waals surface area contributed by atoms with Gasteiger partial charge in [-0.15, -0.1) is 0 Å². The third kappa shape index (κ3) is 3.89. The van der Waals surface area contributed by atoms with Crippen LogP contribution in [0.5, 0.6) is 0 Å². The Morgan fingerprint density at radius 3 is 2.84 bits per heavy atom. The number of aryl methyl sites for hydroxylation is 4. The fourth-order valence-corrected chi connectivity index (χ4v) is 4.23. The van der Waals surface area contributed by atoms with Gasteiger partial charge >= 0.3 is 0 Å². The molecule has 0 amide bonds. The lowest BCUT2D eigenvalue weighted by molar-refractivity contribution is 0.183. The highest BCUT2D eigenvalue weighted by Crippen LogP contribution is 2.36. The summed E-state index contributed by atoms with van der Waals surface area (Å²) in [5, 5.41) is 12.6. The molecule has 5 rings (SSSR count). The number of aromatic nitrogens is 6. The molecule has 1 aliphatic carbocycles. The Morgan fingerprint density at radius 2 is 2.00 bits per heavy atom. The number of rotatable bonds is 7. The average Bonchev–Trinajstić information content (AvgIpc) is 3.37. The maximum Gasteiger partial charge on any atom is 0.228 e. The molecular weight excluding hydrogens is 402 g/mol. The van der Waals surface area contributed by atoms with E-state index in [-0.39, 0.29) is 0 Å². The molecule has 0 bridgehead atoms. The molecule has 164 valence electrons. The fourth-order valence-electron chi connectivity index (χ4n) is 4.23. The molecule has 0 unspecified atom stereocenters. The van der Waals surface area contributed by atoms with E-state index in [1.54, 1.807) is 7.11 Å². The van der Waals surface area contributed by atoms with Crippen molar-refractivity contribution in [3.63, 3.8) is 0 Å².